The van der Waals surface area contributed by atoms with Gasteiger partial charge in [0.15, 0.2) is 0 Å². The number of halogens is 2. The quantitative estimate of drug-likeness (QED) is 0.820. The summed E-state index contributed by atoms with van der Waals surface area (Å²) >= 11 is 4.95. The van der Waals surface area contributed by atoms with Gasteiger partial charge >= 0.3 is 0 Å². The van der Waals surface area contributed by atoms with Gasteiger partial charge in [-0.25, -0.2) is 4.98 Å². The van der Waals surface area contributed by atoms with E-state index in [0.717, 1.165) is 14.5 Å². The number of aryl methyl sites for hydroxylation is 1. The molecule has 1 heterocycles. The lowest BCUT2D eigenvalue weighted by Gasteiger charge is -1.79. The maximum Gasteiger partial charge on any atom is 0.108 e. The highest BCUT2D eigenvalue weighted by Crippen LogP contribution is 2.23. The van der Waals surface area contributed by atoms with E-state index in [4.69, 9.17) is 5.73 Å². The minimum absolute atomic E-state index is 0. The molecule has 0 bridgehead atoms. The van der Waals surface area contributed by atoms with E-state index in [0.29, 0.717) is 6.54 Å². The zero-order valence-corrected chi connectivity index (χ0v) is 8.65. The van der Waals surface area contributed by atoms with Gasteiger partial charge in [-0.3, -0.25) is 0 Å². The number of nitrogens with two attached hydrogens (primary N) is 1. The number of aromatic nitrogens is 1. The molecule has 0 atom stereocenters. The van der Waals surface area contributed by atoms with Crippen molar-refractivity contribution in [1.29, 1.82) is 0 Å². The van der Waals surface area contributed by atoms with E-state index < -0.39 is 0 Å². The molecular weight excluding hydrogens is 235 g/mol. The van der Waals surface area contributed by atoms with Crippen molar-refractivity contribution in [2.24, 2.45) is 5.73 Å². The smallest absolute Gasteiger partial charge is 0.108 e. The molecule has 2 N–H and O–H groups in total. The summed E-state index contributed by atoms with van der Waals surface area (Å²) in [6.45, 7) is 2.50. The van der Waals surface area contributed by atoms with E-state index in [1.54, 1.807) is 11.3 Å². The molecule has 1 aromatic heterocycles. The summed E-state index contributed by atoms with van der Waals surface area (Å²) in [7, 11) is 0. The Labute approximate surface area is 78.4 Å². The zero-order valence-electron chi connectivity index (χ0n) is 5.43. The van der Waals surface area contributed by atoms with Crippen molar-refractivity contribution in [1.82, 2.24) is 4.98 Å². The molecule has 0 fully saturated rings. The van der Waals surface area contributed by atoms with Crippen LogP contribution in [0.1, 0.15) is 10.7 Å². The fraction of sp³-hybridized carbons (Fsp3) is 0.400. The van der Waals surface area contributed by atoms with Gasteiger partial charge in [0.2, 0.25) is 0 Å². The summed E-state index contributed by atoms with van der Waals surface area (Å²) in [4.78, 5) is 4.18. The third-order valence-corrected chi connectivity index (χ3v) is 2.99. The van der Waals surface area contributed by atoms with Crippen LogP contribution >= 0.6 is 39.7 Å². The SMILES string of the molecule is Cc1nc(CN)sc1Br.Cl. The Morgan fingerprint density at radius 2 is 2.30 bits per heavy atom. The van der Waals surface area contributed by atoms with Crippen LogP contribution in [0.5, 0.6) is 0 Å². The Balaban J connectivity index is 0.000000810. The largest absolute Gasteiger partial charge is 0.325 e. The van der Waals surface area contributed by atoms with Crippen molar-refractivity contribution in [2.45, 2.75) is 13.5 Å². The molecule has 0 aliphatic carbocycles. The Morgan fingerprint density at radius 3 is 2.50 bits per heavy atom. The Kier molecular flexibility index (Phi) is 4.44. The number of nitrogens with zero attached hydrogens (tertiary/aromatic N) is 1. The van der Waals surface area contributed by atoms with Gasteiger partial charge in [-0.2, -0.15) is 0 Å². The topological polar surface area (TPSA) is 38.9 Å². The summed E-state index contributed by atoms with van der Waals surface area (Å²) in [5.41, 5.74) is 6.39. The van der Waals surface area contributed by atoms with Crippen LogP contribution in [0.15, 0.2) is 3.79 Å². The first-order valence-electron chi connectivity index (χ1n) is 2.56. The van der Waals surface area contributed by atoms with Gasteiger partial charge in [-0.1, -0.05) is 0 Å². The summed E-state index contributed by atoms with van der Waals surface area (Å²) < 4.78 is 1.09. The van der Waals surface area contributed by atoms with Gasteiger partial charge in [0, 0.05) is 6.54 Å². The van der Waals surface area contributed by atoms with Gasteiger partial charge in [0.25, 0.3) is 0 Å². The van der Waals surface area contributed by atoms with E-state index in [9.17, 15) is 0 Å². The van der Waals surface area contributed by atoms with Gasteiger partial charge in [-0.15, -0.1) is 23.7 Å². The Hall–Kier alpha value is 0.360. The van der Waals surface area contributed by atoms with E-state index >= 15 is 0 Å². The molecule has 1 aromatic rings. The lowest BCUT2D eigenvalue weighted by molar-refractivity contribution is 1.02. The molecule has 2 nitrogen and oxygen atoms in total. The lowest BCUT2D eigenvalue weighted by atomic mass is 10.6. The number of hydrogen-bond donors (Lipinski definition) is 1. The van der Waals surface area contributed by atoms with Crippen molar-refractivity contribution < 1.29 is 0 Å². The highest BCUT2D eigenvalue weighted by molar-refractivity contribution is 9.11. The monoisotopic (exact) mass is 242 g/mol. The maximum absolute atomic E-state index is 5.36. The van der Waals surface area contributed by atoms with Crippen LogP contribution in [0, 0.1) is 6.92 Å². The normalized spacial score (nSPS) is 9.10. The molecule has 0 unspecified atom stereocenters. The number of rotatable bonds is 1. The number of hydrogen-bond acceptors (Lipinski definition) is 3. The first-order chi connectivity index (χ1) is 4.24. The van der Waals surface area contributed by atoms with Crippen LogP contribution < -0.4 is 5.73 Å². The second-order valence-electron chi connectivity index (χ2n) is 1.67. The third-order valence-electron chi connectivity index (χ3n) is 0.959. The van der Waals surface area contributed by atoms with Crippen molar-refractivity contribution >= 4 is 39.7 Å². The third kappa shape index (κ3) is 2.20. The van der Waals surface area contributed by atoms with Gasteiger partial charge in [0.1, 0.15) is 5.01 Å². The molecule has 0 aliphatic heterocycles. The van der Waals surface area contributed by atoms with Crippen LogP contribution in [-0.2, 0) is 6.54 Å². The van der Waals surface area contributed by atoms with Crippen LogP contribution in [0.3, 0.4) is 0 Å². The average Bonchev–Trinajstić information content (AvgIpc) is 2.13. The average molecular weight is 244 g/mol. The Morgan fingerprint density at radius 1 is 1.70 bits per heavy atom. The standard InChI is InChI=1S/C5H7BrN2S.ClH/c1-3-5(6)9-4(2-7)8-3;/h2,7H2,1H3;1H. The van der Waals surface area contributed by atoms with Crippen LogP contribution in [0.2, 0.25) is 0 Å². The Bertz CT molecular complexity index is 194. The minimum atomic E-state index is 0. The predicted molar refractivity (Wildman–Crippen MR) is 49.7 cm³/mol. The van der Waals surface area contributed by atoms with Gasteiger partial charge < -0.3 is 5.73 Å². The molecule has 5 heteroatoms. The molecule has 0 amide bonds. The van der Waals surface area contributed by atoms with Gasteiger partial charge in [0.05, 0.1) is 9.48 Å². The van der Waals surface area contributed by atoms with E-state index in [2.05, 4.69) is 20.9 Å². The second-order valence-corrected chi connectivity index (χ2v) is 4.07. The molecule has 0 saturated carbocycles. The fourth-order valence-corrected chi connectivity index (χ4v) is 1.83. The van der Waals surface area contributed by atoms with Crippen molar-refractivity contribution in [3.63, 3.8) is 0 Å². The van der Waals surface area contributed by atoms with Crippen LogP contribution in [-0.4, -0.2) is 4.98 Å². The fourth-order valence-electron chi connectivity index (χ4n) is 0.518. The first-order valence-corrected chi connectivity index (χ1v) is 4.17. The van der Waals surface area contributed by atoms with Crippen molar-refractivity contribution in [2.75, 3.05) is 0 Å². The molecule has 0 aromatic carbocycles. The lowest BCUT2D eigenvalue weighted by Crippen LogP contribution is -1.94. The van der Waals surface area contributed by atoms with Gasteiger partial charge in [-0.05, 0) is 22.9 Å². The molecule has 0 spiro atoms. The van der Waals surface area contributed by atoms with Crippen LogP contribution in [0.4, 0.5) is 0 Å². The zero-order chi connectivity index (χ0) is 6.85. The summed E-state index contributed by atoms with van der Waals surface area (Å²) in [5.74, 6) is 0. The molecule has 1 rings (SSSR count). The van der Waals surface area contributed by atoms with Crippen LogP contribution in [0.25, 0.3) is 0 Å². The molecular formula is C5H8BrClN2S. The highest BCUT2D eigenvalue weighted by atomic mass is 79.9. The second kappa shape index (κ2) is 4.28. The first kappa shape index (κ1) is 10.4. The van der Waals surface area contributed by atoms with E-state index in [-0.39, 0.29) is 12.4 Å². The van der Waals surface area contributed by atoms with Crippen molar-refractivity contribution in [3.8, 4) is 0 Å². The molecule has 0 saturated heterocycles. The van der Waals surface area contributed by atoms with E-state index in [1.807, 2.05) is 6.92 Å². The molecule has 0 aliphatic rings. The maximum atomic E-state index is 5.36. The summed E-state index contributed by atoms with van der Waals surface area (Å²) in [6, 6.07) is 0. The summed E-state index contributed by atoms with van der Waals surface area (Å²) in [5, 5.41) is 0.986. The minimum Gasteiger partial charge on any atom is -0.325 e. The highest BCUT2D eigenvalue weighted by Gasteiger charge is 2.00. The predicted octanol–water partition coefficient (Wildman–Crippen LogP) is 2.09. The molecule has 58 valence electrons. The van der Waals surface area contributed by atoms with Crippen molar-refractivity contribution in [3.05, 3.63) is 14.5 Å². The molecule has 10 heavy (non-hydrogen) atoms. The summed E-state index contributed by atoms with van der Waals surface area (Å²) in [6.07, 6.45) is 0. The van der Waals surface area contributed by atoms with E-state index in [1.165, 1.54) is 0 Å². The molecule has 0 radical (unpaired) electrons. The number of thiazole rings is 1.